The van der Waals surface area contributed by atoms with Gasteiger partial charge in [0.1, 0.15) is 5.78 Å². The molecule has 4 bridgehead atoms. The van der Waals surface area contributed by atoms with E-state index in [-0.39, 0.29) is 23.0 Å². The molecule has 2 nitrogen and oxygen atoms in total. The zero-order chi connectivity index (χ0) is 10.1. The van der Waals surface area contributed by atoms with Crippen molar-refractivity contribution in [1.29, 1.82) is 0 Å². The molecule has 0 aromatic rings. The first kappa shape index (κ1) is 8.51. The van der Waals surface area contributed by atoms with Crippen LogP contribution in [0.4, 0.5) is 0 Å². The number of hydrogen-bond acceptors (Lipinski definition) is 2. The van der Waals surface area contributed by atoms with Crippen molar-refractivity contribution in [2.45, 2.75) is 50.2 Å². The van der Waals surface area contributed by atoms with E-state index >= 15 is 0 Å². The molecule has 3 fully saturated rings. The zero-order valence-electron chi connectivity index (χ0n) is 8.87. The summed E-state index contributed by atoms with van der Waals surface area (Å²) >= 11 is 0. The molecule has 4 rings (SSSR count). The molecule has 80 valence electrons. The van der Waals surface area contributed by atoms with Crippen LogP contribution in [0.1, 0.15) is 38.5 Å². The van der Waals surface area contributed by atoms with Crippen LogP contribution in [0, 0.1) is 11.3 Å². The van der Waals surface area contributed by atoms with Crippen molar-refractivity contribution >= 4 is 5.78 Å². The van der Waals surface area contributed by atoms with Crippen molar-refractivity contribution in [1.82, 2.24) is 0 Å². The largest absolute Gasteiger partial charge is 0.362 e. The Balaban J connectivity index is 1.93. The number of rotatable bonds is 0. The van der Waals surface area contributed by atoms with E-state index in [9.17, 15) is 4.79 Å². The van der Waals surface area contributed by atoms with E-state index in [0.717, 1.165) is 25.7 Å². The van der Waals surface area contributed by atoms with E-state index < -0.39 is 0 Å². The number of fused-ring (bicyclic) bond motifs is 3. The minimum absolute atomic E-state index is 0.112. The third-order valence-electron chi connectivity index (χ3n) is 5.20. The van der Waals surface area contributed by atoms with Crippen LogP contribution < -0.4 is 0 Å². The van der Waals surface area contributed by atoms with Crippen LogP contribution in [0.25, 0.3) is 0 Å². The lowest BCUT2D eigenvalue weighted by Gasteiger charge is -2.50. The average molecular weight is 204 g/mol. The lowest BCUT2D eigenvalue weighted by atomic mass is 9.61. The SMILES string of the molecule is O=C1[C@H]2CC[C@@]13CCCC[C@@]31C=C[C@@H]2O1. The van der Waals surface area contributed by atoms with Crippen LogP contribution in [0.3, 0.4) is 0 Å². The standard InChI is InChI=1S/C13H16O2/c14-11-9-3-7-12(11)5-1-2-6-13(12)8-4-10(9)15-13/h4,8-10H,1-3,5-7H2/t9-,10-,12-,13+/m0/s1. The Morgan fingerprint density at radius 3 is 3.07 bits per heavy atom. The molecule has 2 heteroatoms. The van der Waals surface area contributed by atoms with Gasteiger partial charge in [-0.1, -0.05) is 25.0 Å². The molecule has 0 aromatic carbocycles. The van der Waals surface area contributed by atoms with E-state index in [1.807, 2.05) is 0 Å². The number of carbonyl (C=O) groups excluding carboxylic acids is 1. The van der Waals surface area contributed by atoms with Crippen LogP contribution in [0.2, 0.25) is 0 Å². The molecule has 1 saturated heterocycles. The van der Waals surface area contributed by atoms with Crippen LogP contribution in [-0.4, -0.2) is 17.5 Å². The first-order chi connectivity index (χ1) is 7.28. The maximum Gasteiger partial charge on any atom is 0.148 e. The fraction of sp³-hybridized carbons (Fsp3) is 0.769. The Hall–Kier alpha value is -0.630. The molecule has 2 saturated carbocycles. The maximum absolute atomic E-state index is 12.5. The Morgan fingerprint density at radius 2 is 2.13 bits per heavy atom. The van der Waals surface area contributed by atoms with Crippen molar-refractivity contribution in [3.8, 4) is 0 Å². The predicted molar refractivity (Wildman–Crippen MR) is 55.4 cm³/mol. The summed E-state index contributed by atoms with van der Waals surface area (Å²) in [5.74, 6) is 0.721. The highest BCUT2D eigenvalue weighted by Crippen LogP contribution is 2.63. The van der Waals surface area contributed by atoms with Gasteiger partial charge in [0, 0.05) is 5.92 Å². The van der Waals surface area contributed by atoms with Gasteiger partial charge in [-0.05, 0) is 25.7 Å². The molecular formula is C13H16O2. The highest BCUT2D eigenvalue weighted by molar-refractivity contribution is 5.93. The molecule has 0 radical (unpaired) electrons. The van der Waals surface area contributed by atoms with Crippen LogP contribution >= 0.6 is 0 Å². The summed E-state index contributed by atoms with van der Waals surface area (Å²) in [5.41, 5.74) is -0.292. The first-order valence-corrected chi connectivity index (χ1v) is 6.19. The lowest BCUT2D eigenvalue weighted by molar-refractivity contribution is -0.180. The third-order valence-corrected chi connectivity index (χ3v) is 5.20. The number of ketones is 1. The van der Waals surface area contributed by atoms with E-state index in [1.54, 1.807) is 0 Å². The first-order valence-electron chi connectivity index (χ1n) is 6.19. The molecular weight excluding hydrogens is 188 g/mol. The minimum atomic E-state index is -0.181. The van der Waals surface area contributed by atoms with Gasteiger partial charge >= 0.3 is 0 Å². The number of carbonyl (C=O) groups is 1. The van der Waals surface area contributed by atoms with Crippen molar-refractivity contribution in [3.05, 3.63) is 12.2 Å². The molecule has 15 heavy (non-hydrogen) atoms. The average Bonchev–Trinajstić information content (AvgIpc) is 2.70. The number of Topliss-reactive ketones (excluding diaryl/α,β-unsaturated/α-hetero) is 1. The summed E-state index contributed by atoms with van der Waals surface area (Å²) in [6, 6.07) is 0. The van der Waals surface area contributed by atoms with Crippen LogP contribution in [-0.2, 0) is 9.53 Å². The van der Waals surface area contributed by atoms with Crippen molar-refractivity contribution < 1.29 is 9.53 Å². The van der Waals surface area contributed by atoms with Gasteiger partial charge in [-0.3, -0.25) is 4.79 Å². The molecule has 2 heterocycles. The third kappa shape index (κ3) is 0.739. The number of ether oxygens (including phenoxy) is 1. The number of hydrogen-bond donors (Lipinski definition) is 0. The topological polar surface area (TPSA) is 26.3 Å². The molecule has 0 amide bonds. The van der Waals surface area contributed by atoms with Gasteiger partial charge < -0.3 is 4.74 Å². The molecule has 2 aliphatic carbocycles. The highest BCUT2D eigenvalue weighted by atomic mass is 16.5. The van der Waals surface area contributed by atoms with Crippen molar-refractivity contribution in [2.75, 3.05) is 0 Å². The normalized spacial score (nSPS) is 55.9. The maximum atomic E-state index is 12.5. The fourth-order valence-corrected chi connectivity index (χ4v) is 4.46. The van der Waals surface area contributed by atoms with E-state index in [2.05, 4.69) is 12.2 Å². The summed E-state index contributed by atoms with van der Waals surface area (Å²) < 4.78 is 6.21. The van der Waals surface area contributed by atoms with Crippen molar-refractivity contribution in [2.24, 2.45) is 11.3 Å². The minimum Gasteiger partial charge on any atom is -0.362 e. The summed E-state index contributed by atoms with van der Waals surface area (Å²) in [5, 5.41) is 0. The van der Waals surface area contributed by atoms with E-state index in [1.165, 1.54) is 12.8 Å². The smallest absolute Gasteiger partial charge is 0.148 e. The summed E-state index contributed by atoms with van der Waals surface area (Å²) in [7, 11) is 0. The second-order valence-corrected chi connectivity index (χ2v) is 5.63. The molecule has 2 spiro atoms. The van der Waals surface area contributed by atoms with E-state index in [0.29, 0.717) is 5.78 Å². The molecule has 0 aromatic heterocycles. The van der Waals surface area contributed by atoms with Crippen LogP contribution in [0.5, 0.6) is 0 Å². The zero-order valence-corrected chi connectivity index (χ0v) is 8.87. The molecule has 2 aliphatic heterocycles. The molecule has 4 atom stereocenters. The van der Waals surface area contributed by atoms with Gasteiger partial charge in [0.25, 0.3) is 0 Å². The quantitative estimate of drug-likeness (QED) is 0.566. The second kappa shape index (κ2) is 2.37. The van der Waals surface area contributed by atoms with Gasteiger partial charge in [-0.15, -0.1) is 0 Å². The van der Waals surface area contributed by atoms with Gasteiger partial charge in [0.2, 0.25) is 0 Å². The Morgan fingerprint density at radius 1 is 1.27 bits per heavy atom. The molecule has 4 aliphatic rings. The Bertz CT molecular complexity index is 369. The summed E-state index contributed by atoms with van der Waals surface area (Å²) in [6.07, 6.45) is 11.2. The second-order valence-electron chi connectivity index (χ2n) is 5.63. The monoisotopic (exact) mass is 204 g/mol. The van der Waals surface area contributed by atoms with Gasteiger partial charge in [-0.2, -0.15) is 0 Å². The van der Waals surface area contributed by atoms with Gasteiger partial charge in [-0.25, -0.2) is 0 Å². The van der Waals surface area contributed by atoms with Crippen LogP contribution in [0.15, 0.2) is 12.2 Å². The van der Waals surface area contributed by atoms with E-state index in [4.69, 9.17) is 4.74 Å². The van der Waals surface area contributed by atoms with Gasteiger partial charge in [0.15, 0.2) is 0 Å². The summed E-state index contributed by atoms with van der Waals surface area (Å²) in [4.78, 5) is 12.5. The predicted octanol–water partition coefficient (Wildman–Crippen LogP) is 2.23. The lowest BCUT2D eigenvalue weighted by Crippen LogP contribution is -2.57. The van der Waals surface area contributed by atoms with Crippen molar-refractivity contribution in [3.63, 3.8) is 0 Å². The Labute approximate surface area is 89.7 Å². The molecule has 0 N–H and O–H groups in total. The summed E-state index contributed by atoms with van der Waals surface area (Å²) in [6.45, 7) is 0. The van der Waals surface area contributed by atoms with Gasteiger partial charge in [0.05, 0.1) is 17.1 Å². The highest BCUT2D eigenvalue weighted by Gasteiger charge is 2.68. The molecule has 0 unspecified atom stereocenters. The Kier molecular flexibility index (Phi) is 1.35. The fourth-order valence-electron chi connectivity index (χ4n) is 4.46.